The Morgan fingerprint density at radius 3 is 2.11 bits per heavy atom. The minimum atomic E-state index is -1.49. The third kappa shape index (κ3) is 2.81. The van der Waals surface area contributed by atoms with Gasteiger partial charge in [0.25, 0.3) is 0 Å². The van der Waals surface area contributed by atoms with Crippen molar-refractivity contribution in [2.24, 2.45) is 56.7 Å². The number of carbonyl (C=O) groups is 1. The normalized spacial score (nSPS) is 60.2. The Bertz CT molecular complexity index is 934. The van der Waals surface area contributed by atoms with Crippen LogP contribution in [0.4, 0.5) is 0 Å². The molecule has 0 bridgehead atoms. The van der Waals surface area contributed by atoms with Crippen LogP contribution in [0.5, 0.6) is 0 Å². The van der Waals surface area contributed by atoms with Crippen LogP contribution in [-0.4, -0.2) is 55.4 Å². The van der Waals surface area contributed by atoms with E-state index in [0.29, 0.717) is 32.1 Å². The molecule has 0 radical (unpaired) electrons. The lowest BCUT2D eigenvalue weighted by molar-refractivity contribution is -0.350. The number of carboxylic acid groups (broad SMARTS) is 1. The van der Waals surface area contributed by atoms with Gasteiger partial charge in [-0.25, -0.2) is 0 Å². The minimum absolute atomic E-state index is 0.00761. The molecule has 0 heterocycles. The van der Waals surface area contributed by atoms with Crippen molar-refractivity contribution in [3.05, 3.63) is 0 Å². The van der Waals surface area contributed by atoms with Gasteiger partial charge in [0, 0.05) is 11.3 Å². The van der Waals surface area contributed by atoms with Crippen LogP contribution in [0.15, 0.2) is 0 Å². The highest BCUT2D eigenvalue weighted by atomic mass is 16.4. The fraction of sp³-hybridized carbons (Fsp3) is 0.967. The average molecular weight is 507 g/mol. The summed E-state index contributed by atoms with van der Waals surface area (Å²) in [6.45, 7) is 15.1. The second kappa shape index (κ2) is 7.70. The lowest BCUT2D eigenvalue weighted by Gasteiger charge is -2.76. The maximum atomic E-state index is 12.9. The summed E-state index contributed by atoms with van der Waals surface area (Å²) in [6.07, 6.45) is 2.52. The van der Waals surface area contributed by atoms with E-state index in [1.807, 2.05) is 0 Å². The molecule has 5 N–H and O–H groups in total. The van der Waals surface area contributed by atoms with E-state index < -0.39 is 52.0 Å². The predicted octanol–water partition coefficient (Wildman–Crippen LogP) is 4.23. The van der Waals surface area contributed by atoms with Gasteiger partial charge in [0.1, 0.15) is 5.60 Å². The van der Waals surface area contributed by atoms with Gasteiger partial charge in [0.15, 0.2) is 0 Å². The maximum Gasteiger partial charge on any atom is 0.310 e. The molecule has 5 saturated carbocycles. The summed E-state index contributed by atoms with van der Waals surface area (Å²) in [5, 5.41) is 57.4. The SMILES string of the molecule is C[C@H]1[C@H](C)CC[C@]2(C(=O)O)CC[C@]3(C)[C@](O)([C@H](O)C[C@@H]4[C@@]5(C)C[C@@H](O)[C@H](O)C(C)(C)[C@H]5CC[C@]43C)[C@H]12. The smallest absolute Gasteiger partial charge is 0.310 e. The Hall–Kier alpha value is -0.690. The standard InChI is InChI=1S/C30H50O6/c1-16-8-11-29(24(34)35)13-12-28(7)27(6)10-9-19-25(3,4)23(33)18(31)15-26(19,5)20(27)14-21(32)30(28,36)22(29)17(16)2/h16-23,31-33,36H,8-15H2,1-7H3,(H,34,35)/t16-,17+,18-,19-,20-,21-,22-,23+,26+,27-,28+,29+,30+/m1/s1. The van der Waals surface area contributed by atoms with Gasteiger partial charge in [-0.3, -0.25) is 4.79 Å². The Kier molecular flexibility index (Phi) is 5.75. The fourth-order valence-electron chi connectivity index (χ4n) is 11.8. The van der Waals surface area contributed by atoms with Gasteiger partial charge >= 0.3 is 5.97 Å². The summed E-state index contributed by atoms with van der Waals surface area (Å²) >= 11 is 0. The van der Waals surface area contributed by atoms with Crippen LogP contribution in [0, 0.1) is 56.7 Å². The molecule has 5 rings (SSSR count). The summed E-state index contributed by atoms with van der Waals surface area (Å²) < 4.78 is 0. The summed E-state index contributed by atoms with van der Waals surface area (Å²) in [6, 6.07) is 0. The quantitative estimate of drug-likeness (QED) is 0.363. The lowest BCUT2D eigenvalue weighted by Crippen LogP contribution is -2.79. The fourth-order valence-corrected chi connectivity index (χ4v) is 11.8. The number of aliphatic hydroxyl groups is 4. The van der Waals surface area contributed by atoms with Crippen molar-refractivity contribution in [2.45, 2.75) is 124 Å². The Morgan fingerprint density at radius 2 is 1.50 bits per heavy atom. The van der Waals surface area contributed by atoms with Crippen molar-refractivity contribution >= 4 is 5.97 Å². The Morgan fingerprint density at radius 1 is 0.861 bits per heavy atom. The Balaban J connectivity index is 1.66. The van der Waals surface area contributed by atoms with Crippen LogP contribution >= 0.6 is 0 Å². The lowest BCUT2D eigenvalue weighted by atomic mass is 9.29. The van der Waals surface area contributed by atoms with Gasteiger partial charge in [-0.05, 0) is 91.3 Å². The number of aliphatic carboxylic acids is 1. The molecule has 0 aromatic carbocycles. The van der Waals surface area contributed by atoms with E-state index in [1.54, 1.807) is 0 Å². The van der Waals surface area contributed by atoms with Gasteiger partial charge < -0.3 is 25.5 Å². The van der Waals surface area contributed by atoms with E-state index in [9.17, 15) is 30.3 Å². The van der Waals surface area contributed by atoms with E-state index in [2.05, 4.69) is 48.5 Å². The number of hydrogen-bond acceptors (Lipinski definition) is 5. The molecule has 5 aliphatic rings. The Labute approximate surface area is 216 Å². The monoisotopic (exact) mass is 506 g/mol. The van der Waals surface area contributed by atoms with E-state index in [-0.39, 0.29) is 34.5 Å². The highest BCUT2D eigenvalue weighted by molar-refractivity contribution is 5.76. The molecule has 0 amide bonds. The molecule has 5 aliphatic carbocycles. The summed E-state index contributed by atoms with van der Waals surface area (Å²) in [5.74, 6) is -0.790. The van der Waals surface area contributed by atoms with E-state index in [1.165, 1.54) is 0 Å². The molecule has 0 unspecified atom stereocenters. The van der Waals surface area contributed by atoms with Gasteiger partial charge in [-0.15, -0.1) is 0 Å². The number of carboxylic acids is 1. The van der Waals surface area contributed by atoms with E-state index in [0.717, 1.165) is 19.3 Å². The number of aliphatic hydroxyl groups excluding tert-OH is 3. The molecule has 206 valence electrons. The number of rotatable bonds is 1. The largest absolute Gasteiger partial charge is 0.481 e. The molecule has 0 aliphatic heterocycles. The van der Waals surface area contributed by atoms with Crippen molar-refractivity contribution < 1.29 is 30.3 Å². The molecule has 6 nitrogen and oxygen atoms in total. The molecular formula is C30H50O6. The molecule has 0 aromatic rings. The molecule has 13 atom stereocenters. The van der Waals surface area contributed by atoms with Crippen molar-refractivity contribution in [1.82, 2.24) is 0 Å². The summed E-state index contributed by atoms with van der Waals surface area (Å²) in [5.41, 5.74) is -4.22. The third-order valence-corrected chi connectivity index (χ3v) is 14.1. The number of fused-ring (bicyclic) bond motifs is 7. The molecule has 6 heteroatoms. The van der Waals surface area contributed by atoms with Gasteiger partial charge in [-0.2, -0.15) is 0 Å². The molecule has 0 aromatic heterocycles. The third-order valence-electron chi connectivity index (χ3n) is 14.1. The molecule has 0 saturated heterocycles. The van der Waals surface area contributed by atoms with Crippen LogP contribution in [-0.2, 0) is 4.79 Å². The summed E-state index contributed by atoms with van der Waals surface area (Å²) in [4.78, 5) is 12.9. The predicted molar refractivity (Wildman–Crippen MR) is 137 cm³/mol. The summed E-state index contributed by atoms with van der Waals surface area (Å²) in [7, 11) is 0. The first kappa shape index (κ1) is 26.9. The number of hydrogen-bond donors (Lipinski definition) is 5. The second-order valence-electron chi connectivity index (χ2n) is 15.3. The molecule has 5 fully saturated rings. The van der Waals surface area contributed by atoms with Crippen LogP contribution in [0.2, 0.25) is 0 Å². The van der Waals surface area contributed by atoms with Crippen molar-refractivity contribution in [3.8, 4) is 0 Å². The first-order valence-electron chi connectivity index (χ1n) is 14.4. The van der Waals surface area contributed by atoms with Crippen molar-refractivity contribution in [3.63, 3.8) is 0 Å². The highest BCUT2D eigenvalue weighted by Gasteiger charge is 2.79. The van der Waals surface area contributed by atoms with E-state index in [4.69, 9.17) is 0 Å². The zero-order valence-electron chi connectivity index (χ0n) is 23.4. The van der Waals surface area contributed by atoms with Crippen LogP contribution in [0.3, 0.4) is 0 Å². The van der Waals surface area contributed by atoms with Gasteiger partial charge in [0.2, 0.25) is 0 Å². The zero-order valence-corrected chi connectivity index (χ0v) is 23.4. The molecule has 36 heavy (non-hydrogen) atoms. The van der Waals surface area contributed by atoms with Gasteiger partial charge in [0.05, 0.1) is 23.7 Å². The maximum absolute atomic E-state index is 12.9. The minimum Gasteiger partial charge on any atom is -0.481 e. The first-order valence-corrected chi connectivity index (χ1v) is 14.4. The van der Waals surface area contributed by atoms with Crippen LogP contribution in [0.25, 0.3) is 0 Å². The first-order chi connectivity index (χ1) is 16.4. The molecule has 0 spiro atoms. The van der Waals surface area contributed by atoms with Crippen LogP contribution in [0.1, 0.15) is 99.8 Å². The van der Waals surface area contributed by atoms with Crippen molar-refractivity contribution in [2.75, 3.05) is 0 Å². The van der Waals surface area contributed by atoms with Crippen LogP contribution < -0.4 is 0 Å². The van der Waals surface area contributed by atoms with Crippen molar-refractivity contribution in [1.29, 1.82) is 0 Å². The van der Waals surface area contributed by atoms with E-state index >= 15 is 0 Å². The average Bonchev–Trinajstić information content (AvgIpc) is 2.78. The molecular weight excluding hydrogens is 456 g/mol. The zero-order chi connectivity index (χ0) is 26.9. The van der Waals surface area contributed by atoms with Gasteiger partial charge in [-0.1, -0.05) is 48.5 Å². The topological polar surface area (TPSA) is 118 Å². The highest BCUT2D eigenvalue weighted by Crippen LogP contribution is 2.78. The second-order valence-corrected chi connectivity index (χ2v) is 15.3.